The zero-order chi connectivity index (χ0) is 38.9. The van der Waals surface area contributed by atoms with E-state index in [9.17, 15) is 14.4 Å². The van der Waals surface area contributed by atoms with Gasteiger partial charge in [-0.1, -0.05) is 24.3 Å². The Morgan fingerprint density at radius 1 is 0.860 bits per heavy atom. The van der Waals surface area contributed by atoms with Crippen molar-refractivity contribution in [3.05, 3.63) is 90.3 Å². The first kappa shape index (κ1) is 36.4. The minimum absolute atomic E-state index is 0.180. The highest BCUT2D eigenvalue weighted by Gasteiger charge is 2.29. The van der Waals surface area contributed by atoms with Crippen molar-refractivity contribution in [1.29, 1.82) is 0 Å². The van der Waals surface area contributed by atoms with Crippen molar-refractivity contribution in [1.82, 2.24) is 30.1 Å². The summed E-state index contributed by atoms with van der Waals surface area (Å²) in [6.45, 7) is 10.1. The normalized spacial score (nSPS) is 18.8. The first-order valence-electron chi connectivity index (χ1n) is 19.8. The van der Waals surface area contributed by atoms with Crippen molar-refractivity contribution in [3.8, 4) is 17.0 Å². The van der Waals surface area contributed by atoms with Gasteiger partial charge in [0.2, 0.25) is 29.5 Å². The summed E-state index contributed by atoms with van der Waals surface area (Å²) in [6.07, 6.45) is 4.62. The van der Waals surface area contributed by atoms with Crippen LogP contribution in [-0.4, -0.2) is 115 Å². The van der Waals surface area contributed by atoms with Gasteiger partial charge in [0.1, 0.15) is 12.3 Å². The largest absolute Gasteiger partial charge is 0.474 e. The van der Waals surface area contributed by atoms with E-state index in [0.717, 1.165) is 102 Å². The van der Waals surface area contributed by atoms with E-state index in [0.29, 0.717) is 50.9 Å². The number of nitrogens with zero attached hydrogens (tertiary/aromatic N) is 7. The Morgan fingerprint density at radius 2 is 1.58 bits per heavy atom. The molecule has 57 heavy (non-hydrogen) atoms. The Balaban J connectivity index is 0.744. The average molecular weight is 767 g/mol. The maximum atomic E-state index is 13.3. The summed E-state index contributed by atoms with van der Waals surface area (Å²) >= 11 is 0. The zero-order valence-corrected chi connectivity index (χ0v) is 32.0. The minimum Gasteiger partial charge on any atom is -0.474 e. The summed E-state index contributed by atoms with van der Waals surface area (Å²) in [6, 6.07) is 22.6. The molecule has 0 radical (unpaired) electrons. The van der Waals surface area contributed by atoms with Crippen LogP contribution in [0.1, 0.15) is 29.9 Å². The van der Waals surface area contributed by atoms with Gasteiger partial charge in [-0.15, -0.1) is 0 Å². The van der Waals surface area contributed by atoms with Crippen molar-refractivity contribution < 1.29 is 19.1 Å². The van der Waals surface area contributed by atoms with E-state index in [2.05, 4.69) is 83.9 Å². The smallest absolute Gasteiger partial charge is 0.237 e. The lowest BCUT2D eigenvalue weighted by Crippen LogP contribution is -2.54. The van der Waals surface area contributed by atoms with Crippen LogP contribution in [0.25, 0.3) is 22.0 Å². The Labute approximate surface area is 331 Å². The van der Waals surface area contributed by atoms with Crippen LogP contribution in [0.3, 0.4) is 0 Å². The number of ether oxygens (including phenoxy) is 1. The quantitative estimate of drug-likeness (QED) is 0.191. The fraction of sp³-hybridized carbons (Fsp3) is 0.349. The molecule has 4 aliphatic heterocycles. The molecule has 0 spiro atoms. The van der Waals surface area contributed by atoms with E-state index in [1.54, 1.807) is 0 Å². The molecular formula is C43H46N10O4. The fourth-order valence-electron chi connectivity index (χ4n) is 8.25. The molecule has 1 atom stereocenters. The summed E-state index contributed by atoms with van der Waals surface area (Å²) < 4.78 is 5.71. The zero-order valence-electron chi connectivity index (χ0n) is 32.0. The highest BCUT2D eigenvalue weighted by atomic mass is 16.5. The number of carbonyl (C=O) groups is 3. The first-order valence-corrected chi connectivity index (χ1v) is 19.8. The summed E-state index contributed by atoms with van der Waals surface area (Å²) in [7, 11) is 0. The number of piperidine rings is 1. The molecule has 0 bridgehead atoms. The van der Waals surface area contributed by atoms with Crippen LogP contribution in [0.4, 0.5) is 28.7 Å². The van der Waals surface area contributed by atoms with E-state index in [1.165, 1.54) is 0 Å². The predicted octanol–water partition coefficient (Wildman–Crippen LogP) is 4.54. The Bertz CT molecular complexity index is 2300. The lowest BCUT2D eigenvalue weighted by atomic mass is 9.90. The molecule has 14 heteroatoms. The Kier molecular flexibility index (Phi) is 10.0. The van der Waals surface area contributed by atoms with Gasteiger partial charge in [0, 0.05) is 106 Å². The number of nitrogens with one attached hydrogen (secondary N) is 3. The van der Waals surface area contributed by atoms with Crippen LogP contribution in [-0.2, 0) is 14.4 Å². The maximum absolute atomic E-state index is 13.3. The van der Waals surface area contributed by atoms with Crippen molar-refractivity contribution in [2.75, 3.05) is 92.5 Å². The van der Waals surface area contributed by atoms with Crippen molar-refractivity contribution in [2.24, 2.45) is 0 Å². The number of piperazine rings is 2. The van der Waals surface area contributed by atoms with E-state index in [4.69, 9.17) is 9.72 Å². The molecule has 4 aliphatic rings. The van der Waals surface area contributed by atoms with Crippen LogP contribution in [0.2, 0.25) is 0 Å². The number of anilines is 5. The highest BCUT2D eigenvalue weighted by molar-refractivity contribution is 6.01. The summed E-state index contributed by atoms with van der Waals surface area (Å²) in [5.74, 6) is 0.666. The number of hydrogen-bond donors (Lipinski definition) is 3. The fourth-order valence-corrected chi connectivity index (χ4v) is 8.25. The van der Waals surface area contributed by atoms with Gasteiger partial charge in [-0.3, -0.25) is 24.6 Å². The molecule has 0 saturated carbocycles. The van der Waals surface area contributed by atoms with Crippen molar-refractivity contribution in [3.63, 3.8) is 0 Å². The second kappa shape index (κ2) is 15.7. The number of fused-ring (bicyclic) bond motifs is 2. The predicted molar refractivity (Wildman–Crippen MR) is 220 cm³/mol. The van der Waals surface area contributed by atoms with E-state index < -0.39 is 0 Å². The molecule has 3 aromatic carbocycles. The number of amides is 3. The molecule has 2 aromatic heterocycles. The monoisotopic (exact) mass is 766 g/mol. The molecule has 292 valence electrons. The number of rotatable bonds is 8. The number of carbonyl (C=O) groups excluding carboxylic acids is 3. The molecule has 9 rings (SSSR count). The minimum atomic E-state index is -0.276. The number of imide groups is 1. The van der Waals surface area contributed by atoms with Gasteiger partial charge in [0.05, 0.1) is 18.0 Å². The standard InChI is InChI=1S/C43H46N10O4/c1-28-36(26-45-42-40(28)44-14-23-57-42)30-2-3-31-25-46-43(48-37(31)24-30)47-32-6-10-34(11-7-32)52-19-21-53(22-20-52)39(55)27-50-15-17-51(18-16-50)33-8-4-29(5-9-33)35-12-13-38(54)49-41(35)56/h2-11,24-26,35,44H,12-23,27H2,1H3,(H,46,47,48)(H,49,54,56). The van der Waals surface area contributed by atoms with Gasteiger partial charge in [0.15, 0.2) is 0 Å². The SMILES string of the molecule is Cc1c(-c2ccc3cnc(Nc4ccc(N5CCN(C(=O)CN6CCN(c7ccc(C8CCC(=O)NC8=O)cc7)CC6)CC5)cc4)nc3c2)cnc2c1NCCO2. The summed E-state index contributed by atoms with van der Waals surface area (Å²) in [4.78, 5) is 59.9. The first-order chi connectivity index (χ1) is 27.8. The van der Waals surface area contributed by atoms with Gasteiger partial charge in [0.25, 0.3) is 0 Å². The third-order valence-electron chi connectivity index (χ3n) is 11.6. The second-order valence-corrected chi connectivity index (χ2v) is 15.1. The van der Waals surface area contributed by atoms with Crippen molar-refractivity contribution in [2.45, 2.75) is 25.7 Å². The number of aromatic nitrogens is 3. The molecule has 3 amide bonds. The third kappa shape index (κ3) is 7.77. The van der Waals surface area contributed by atoms with Gasteiger partial charge in [-0.05, 0) is 72.5 Å². The molecule has 5 aromatic rings. The number of benzene rings is 3. The lowest BCUT2D eigenvalue weighted by molar-refractivity contribution is -0.134. The average Bonchev–Trinajstić information content (AvgIpc) is 3.24. The molecule has 3 fully saturated rings. The Morgan fingerprint density at radius 3 is 2.32 bits per heavy atom. The van der Waals surface area contributed by atoms with Gasteiger partial charge in [-0.25, -0.2) is 15.0 Å². The highest BCUT2D eigenvalue weighted by Crippen LogP contribution is 2.36. The maximum Gasteiger partial charge on any atom is 0.237 e. The van der Waals surface area contributed by atoms with E-state index in [-0.39, 0.29) is 23.6 Å². The molecule has 0 aliphatic carbocycles. The van der Waals surface area contributed by atoms with Crippen LogP contribution >= 0.6 is 0 Å². The molecule has 6 heterocycles. The van der Waals surface area contributed by atoms with Crippen LogP contribution < -0.4 is 30.5 Å². The Hall–Kier alpha value is -6.28. The van der Waals surface area contributed by atoms with Crippen LogP contribution in [0, 0.1) is 6.92 Å². The molecule has 3 N–H and O–H groups in total. The van der Waals surface area contributed by atoms with Gasteiger partial charge >= 0.3 is 0 Å². The summed E-state index contributed by atoms with van der Waals surface area (Å²) in [5, 5.41) is 10.2. The van der Waals surface area contributed by atoms with Crippen LogP contribution in [0.5, 0.6) is 5.88 Å². The third-order valence-corrected chi connectivity index (χ3v) is 11.6. The molecule has 3 saturated heterocycles. The number of hydrogen-bond acceptors (Lipinski definition) is 12. The van der Waals surface area contributed by atoms with Gasteiger partial charge in [-0.2, -0.15) is 0 Å². The van der Waals surface area contributed by atoms with Crippen LogP contribution in [0.15, 0.2) is 79.1 Å². The van der Waals surface area contributed by atoms with E-state index in [1.807, 2.05) is 47.6 Å². The lowest BCUT2D eigenvalue weighted by Gasteiger charge is -2.39. The van der Waals surface area contributed by atoms with E-state index >= 15 is 0 Å². The molecular weight excluding hydrogens is 721 g/mol. The molecule has 14 nitrogen and oxygen atoms in total. The molecule has 1 unspecified atom stereocenters. The summed E-state index contributed by atoms with van der Waals surface area (Å²) in [5.41, 5.74) is 9.01. The van der Waals surface area contributed by atoms with Crippen molar-refractivity contribution >= 4 is 57.3 Å². The topological polar surface area (TPSA) is 148 Å². The second-order valence-electron chi connectivity index (χ2n) is 15.1. The van der Waals surface area contributed by atoms with Gasteiger partial charge < -0.3 is 30.1 Å². The number of pyridine rings is 1.